The molecule has 162 valence electrons. The molecule has 0 aliphatic heterocycles. The van der Waals surface area contributed by atoms with Crippen LogP contribution in [0.2, 0.25) is 0 Å². The molecule has 1 aromatic heterocycles. The average Bonchev–Trinajstić information content (AvgIpc) is 2.78. The molecular formula is C25H30N4O2. The van der Waals surface area contributed by atoms with Crippen molar-refractivity contribution in [2.75, 3.05) is 38.1 Å². The lowest BCUT2D eigenvalue weighted by atomic mass is 10.0. The molecule has 0 spiro atoms. The van der Waals surface area contributed by atoms with Gasteiger partial charge in [0.2, 0.25) is 5.91 Å². The van der Waals surface area contributed by atoms with Gasteiger partial charge in [-0.1, -0.05) is 24.3 Å². The Morgan fingerprint density at radius 2 is 1.77 bits per heavy atom. The maximum absolute atomic E-state index is 13.0. The first kappa shape index (κ1) is 22.4. The molecule has 0 radical (unpaired) electrons. The summed E-state index contributed by atoms with van der Waals surface area (Å²) in [6.45, 7) is 3.66. The molecule has 3 aromatic rings. The number of Topliss-reactive ketones (excluding diaryl/α,β-unsaturated/α-hetero) is 1. The number of ketones is 1. The van der Waals surface area contributed by atoms with Gasteiger partial charge in [0.05, 0.1) is 6.54 Å². The van der Waals surface area contributed by atoms with Gasteiger partial charge in [-0.3, -0.25) is 14.6 Å². The van der Waals surface area contributed by atoms with Gasteiger partial charge in [-0.15, -0.1) is 0 Å². The van der Waals surface area contributed by atoms with Crippen LogP contribution >= 0.6 is 0 Å². The van der Waals surface area contributed by atoms with Crippen molar-refractivity contribution in [3.63, 3.8) is 0 Å². The summed E-state index contributed by atoms with van der Waals surface area (Å²) in [6, 6.07) is 17.5. The van der Waals surface area contributed by atoms with Crippen LogP contribution in [0.4, 0.5) is 5.69 Å². The predicted octanol–water partition coefficient (Wildman–Crippen LogP) is 3.29. The fourth-order valence-electron chi connectivity index (χ4n) is 3.52. The van der Waals surface area contributed by atoms with Crippen LogP contribution < -0.4 is 10.6 Å². The number of amides is 1. The summed E-state index contributed by atoms with van der Waals surface area (Å²) in [6.07, 6.45) is 3.26. The third-order valence-corrected chi connectivity index (χ3v) is 5.39. The number of rotatable bonds is 10. The van der Waals surface area contributed by atoms with Crippen molar-refractivity contribution in [3.8, 4) is 0 Å². The van der Waals surface area contributed by atoms with Crippen LogP contribution in [0.1, 0.15) is 29.4 Å². The number of hydrogen-bond donors (Lipinski definition) is 1. The Balaban J connectivity index is 1.68. The topological polar surface area (TPSA) is 79.5 Å². The van der Waals surface area contributed by atoms with Gasteiger partial charge in [-0.25, -0.2) is 0 Å². The van der Waals surface area contributed by atoms with Crippen molar-refractivity contribution in [2.45, 2.75) is 19.8 Å². The Morgan fingerprint density at radius 3 is 2.48 bits per heavy atom. The largest absolute Gasteiger partial charge is 0.365 e. The van der Waals surface area contributed by atoms with Crippen LogP contribution in [0.3, 0.4) is 0 Å². The van der Waals surface area contributed by atoms with Gasteiger partial charge in [-0.05, 0) is 61.0 Å². The first-order valence-electron chi connectivity index (χ1n) is 10.6. The van der Waals surface area contributed by atoms with E-state index in [1.165, 1.54) is 0 Å². The molecule has 0 bridgehead atoms. The Labute approximate surface area is 183 Å². The number of likely N-dealkylation sites (N-methyl/N-ethyl adjacent to an activating group) is 1. The highest BCUT2D eigenvalue weighted by molar-refractivity contribution is 5.99. The molecule has 1 heterocycles. The highest BCUT2D eigenvalue weighted by atomic mass is 16.2. The molecule has 6 heteroatoms. The molecule has 0 aliphatic carbocycles. The van der Waals surface area contributed by atoms with E-state index < -0.39 is 0 Å². The lowest BCUT2D eigenvalue weighted by Crippen LogP contribution is -2.41. The normalized spacial score (nSPS) is 10.8. The fourth-order valence-corrected chi connectivity index (χ4v) is 3.52. The molecule has 6 nitrogen and oxygen atoms in total. The number of hydrogen-bond acceptors (Lipinski definition) is 5. The lowest BCUT2D eigenvalue weighted by Gasteiger charge is -2.26. The second-order valence-electron chi connectivity index (χ2n) is 7.75. The highest BCUT2D eigenvalue weighted by Crippen LogP contribution is 2.23. The quantitative estimate of drug-likeness (QED) is 0.511. The molecule has 1 amide bonds. The van der Waals surface area contributed by atoms with Crippen molar-refractivity contribution in [2.24, 2.45) is 5.73 Å². The minimum absolute atomic E-state index is 0.0527. The van der Waals surface area contributed by atoms with Gasteiger partial charge in [0, 0.05) is 49.7 Å². The maximum Gasteiger partial charge on any atom is 0.242 e. The summed E-state index contributed by atoms with van der Waals surface area (Å²) in [5.74, 6) is 0.121. The third-order valence-electron chi connectivity index (χ3n) is 5.39. The number of nitrogens with zero attached hydrogens (tertiary/aromatic N) is 3. The standard InChI is InChI=1S/C25H30N4O2/c1-19(30)20-7-8-22-17-24(10-9-21(22)16-20)28(2)18-25(31)29(14-5-12-26)15-11-23-6-3-4-13-27-23/h3-4,6-10,13,16-17H,5,11-12,14-15,18,26H2,1-2H3. The average molecular weight is 419 g/mol. The predicted molar refractivity (Wildman–Crippen MR) is 125 cm³/mol. The van der Waals surface area contributed by atoms with E-state index in [0.717, 1.165) is 35.0 Å². The van der Waals surface area contributed by atoms with Crippen LogP contribution in [-0.2, 0) is 11.2 Å². The number of nitrogens with two attached hydrogens (primary N) is 1. The monoisotopic (exact) mass is 418 g/mol. The zero-order valence-electron chi connectivity index (χ0n) is 18.3. The van der Waals surface area contributed by atoms with Gasteiger partial charge in [0.1, 0.15) is 0 Å². The van der Waals surface area contributed by atoms with Crippen LogP contribution in [0.15, 0.2) is 60.8 Å². The Kier molecular flexibility index (Phi) is 7.73. The summed E-state index contributed by atoms with van der Waals surface area (Å²) in [5, 5.41) is 2.05. The highest BCUT2D eigenvalue weighted by Gasteiger charge is 2.16. The zero-order valence-corrected chi connectivity index (χ0v) is 18.3. The maximum atomic E-state index is 13.0. The number of aromatic nitrogens is 1. The number of carbonyl (C=O) groups excluding carboxylic acids is 2. The molecule has 2 aromatic carbocycles. The van der Waals surface area contributed by atoms with E-state index in [9.17, 15) is 9.59 Å². The third kappa shape index (κ3) is 6.12. The van der Waals surface area contributed by atoms with Gasteiger partial charge >= 0.3 is 0 Å². The molecule has 0 unspecified atom stereocenters. The molecule has 0 saturated carbocycles. The second-order valence-corrected chi connectivity index (χ2v) is 7.75. The van der Waals surface area contributed by atoms with Crippen molar-refractivity contribution in [1.82, 2.24) is 9.88 Å². The molecule has 0 saturated heterocycles. The van der Waals surface area contributed by atoms with Gasteiger partial charge in [0.15, 0.2) is 5.78 Å². The van der Waals surface area contributed by atoms with Crippen LogP contribution in [-0.4, -0.2) is 54.8 Å². The van der Waals surface area contributed by atoms with Gasteiger partial charge in [0.25, 0.3) is 0 Å². The molecular weight excluding hydrogens is 388 g/mol. The molecule has 3 rings (SSSR count). The first-order valence-corrected chi connectivity index (χ1v) is 10.6. The van der Waals surface area contributed by atoms with E-state index in [2.05, 4.69) is 4.98 Å². The second kappa shape index (κ2) is 10.7. The number of pyridine rings is 1. The van der Waals surface area contributed by atoms with E-state index in [-0.39, 0.29) is 18.2 Å². The lowest BCUT2D eigenvalue weighted by molar-refractivity contribution is -0.129. The summed E-state index contributed by atoms with van der Waals surface area (Å²) >= 11 is 0. The minimum atomic E-state index is 0.0527. The van der Waals surface area contributed by atoms with E-state index in [0.29, 0.717) is 25.2 Å². The van der Waals surface area contributed by atoms with E-state index in [1.807, 2.05) is 71.4 Å². The van der Waals surface area contributed by atoms with Crippen LogP contribution in [0, 0.1) is 0 Å². The van der Waals surface area contributed by atoms with Crippen molar-refractivity contribution in [3.05, 3.63) is 72.1 Å². The van der Waals surface area contributed by atoms with Crippen molar-refractivity contribution in [1.29, 1.82) is 0 Å². The summed E-state index contributed by atoms with van der Waals surface area (Å²) < 4.78 is 0. The van der Waals surface area contributed by atoms with Gasteiger partial charge < -0.3 is 15.5 Å². The SMILES string of the molecule is CC(=O)c1ccc2cc(N(C)CC(=O)N(CCCN)CCc3ccccn3)ccc2c1. The Hall–Kier alpha value is -3.25. The Bertz CT molecular complexity index is 1040. The first-order chi connectivity index (χ1) is 15.0. The fraction of sp³-hybridized carbons (Fsp3) is 0.320. The summed E-state index contributed by atoms with van der Waals surface area (Å²) in [7, 11) is 1.92. The molecule has 0 fully saturated rings. The molecule has 0 aliphatic rings. The van der Waals surface area contributed by atoms with E-state index >= 15 is 0 Å². The smallest absolute Gasteiger partial charge is 0.242 e. The summed E-state index contributed by atoms with van der Waals surface area (Å²) in [5.41, 5.74) is 8.31. The molecule has 31 heavy (non-hydrogen) atoms. The summed E-state index contributed by atoms with van der Waals surface area (Å²) in [4.78, 5) is 32.8. The number of anilines is 1. The Morgan fingerprint density at radius 1 is 1.00 bits per heavy atom. The van der Waals surface area contributed by atoms with Crippen molar-refractivity contribution < 1.29 is 9.59 Å². The number of fused-ring (bicyclic) bond motifs is 1. The van der Waals surface area contributed by atoms with Crippen LogP contribution in [0.25, 0.3) is 10.8 Å². The zero-order chi connectivity index (χ0) is 22.2. The molecule has 0 atom stereocenters. The minimum Gasteiger partial charge on any atom is -0.365 e. The van der Waals surface area contributed by atoms with E-state index in [1.54, 1.807) is 13.1 Å². The number of carbonyl (C=O) groups is 2. The van der Waals surface area contributed by atoms with Crippen LogP contribution in [0.5, 0.6) is 0 Å². The van der Waals surface area contributed by atoms with E-state index in [4.69, 9.17) is 5.73 Å². The molecule has 2 N–H and O–H groups in total. The number of benzene rings is 2. The van der Waals surface area contributed by atoms with Crippen molar-refractivity contribution >= 4 is 28.2 Å². The van der Waals surface area contributed by atoms with Gasteiger partial charge in [-0.2, -0.15) is 0 Å².